The van der Waals surface area contributed by atoms with Crippen LogP contribution in [0.5, 0.6) is 0 Å². The quantitative estimate of drug-likeness (QED) is 0.410. The molecule has 1 aromatic rings. The first-order chi connectivity index (χ1) is 6.95. The monoisotopic (exact) mass is 212 g/mol. The fourth-order valence-electron chi connectivity index (χ4n) is 0.544. The second-order valence-electron chi connectivity index (χ2n) is 2.19. The van der Waals surface area contributed by atoms with Crippen LogP contribution in [0.15, 0.2) is 12.8 Å². The highest BCUT2D eigenvalue weighted by Gasteiger charge is 1.93. The third-order valence-corrected chi connectivity index (χ3v) is 0.937. The number of esters is 1. The van der Waals surface area contributed by atoms with Gasteiger partial charge in [0.25, 0.3) is 0 Å². The van der Waals surface area contributed by atoms with Gasteiger partial charge in [-0.3, -0.25) is 4.79 Å². The molecule has 0 aliphatic heterocycles. The summed E-state index contributed by atoms with van der Waals surface area (Å²) in [4.78, 5) is 20.2. The number of nitrogens with two attached hydrogens (primary N) is 3. The predicted molar refractivity (Wildman–Crippen MR) is 55.0 cm³/mol. The summed E-state index contributed by atoms with van der Waals surface area (Å²) in [7, 11) is 0. The summed E-state index contributed by atoms with van der Waals surface area (Å²) >= 11 is 0. The Labute approximate surface area is 86.2 Å². The largest absolute Gasteiger partial charge is 0.435 e. The Balaban J connectivity index is 0.000000288. The third-order valence-electron chi connectivity index (χ3n) is 0.937. The lowest BCUT2D eigenvalue weighted by atomic mass is 10.8. The first-order valence-corrected chi connectivity index (χ1v) is 3.76. The van der Waals surface area contributed by atoms with Gasteiger partial charge in [-0.2, -0.15) is 15.0 Å². The molecular formula is C7H12N6O2. The van der Waals surface area contributed by atoms with Crippen molar-refractivity contribution in [1.82, 2.24) is 15.0 Å². The second-order valence-corrected chi connectivity index (χ2v) is 2.19. The van der Waals surface area contributed by atoms with E-state index in [1.807, 2.05) is 0 Å². The van der Waals surface area contributed by atoms with E-state index in [4.69, 9.17) is 17.2 Å². The smallest absolute Gasteiger partial charge is 0.307 e. The van der Waals surface area contributed by atoms with E-state index in [2.05, 4.69) is 26.3 Å². The van der Waals surface area contributed by atoms with Crippen molar-refractivity contribution in [2.45, 2.75) is 6.92 Å². The SMILES string of the molecule is C=COC(C)=O.Nc1nc(N)nc(N)n1. The van der Waals surface area contributed by atoms with Gasteiger partial charge in [0, 0.05) is 6.92 Å². The summed E-state index contributed by atoms with van der Waals surface area (Å²) in [6.45, 7) is 4.48. The molecule has 0 aromatic carbocycles. The van der Waals surface area contributed by atoms with E-state index in [1.165, 1.54) is 6.92 Å². The average Bonchev–Trinajstić information content (AvgIpc) is 2.00. The molecule has 0 saturated heterocycles. The summed E-state index contributed by atoms with van der Waals surface area (Å²) in [5.41, 5.74) is 15.4. The van der Waals surface area contributed by atoms with Crippen LogP contribution < -0.4 is 17.2 Å². The van der Waals surface area contributed by atoms with Crippen molar-refractivity contribution < 1.29 is 9.53 Å². The topological polar surface area (TPSA) is 143 Å². The van der Waals surface area contributed by atoms with Crippen molar-refractivity contribution in [2.24, 2.45) is 0 Å². The van der Waals surface area contributed by atoms with Gasteiger partial charge in [-0.15, -0.1) is 0 Å². The van der Waals surface area contributed by atoms with Gasteiger partial charge in [-0.25, -0.2) is 0 Å². The van der Waals surface area contributed by atoms with E-state index in [9.17, 15) is 4.79 Å². The first-order valence-electron chi connectivity index (χ1n) is 3.76. The number of nitrogens with zero attached hydrogens (tertiary/aromatic N) is 3. The van der Waals surface area contributed by atoms with E-state index in [-0.39, 0.29) is 23.8 Å². The minimum absolute atomic E-state index is 0.0417. The van der Waals surface area contributed by atoms with Gasteiger partial charge in [0.05, 0.1) is 6.26 Å². The lowest BCUT2D eigenvalue weighted by Crippen LogP contribution is -2.05. The van der Waals surface area contributed by atoms with Crippen LogP contribution in [-0.4, -0.2) is 20.9 Å². The van der Waals surface area contributed by atoms with Crippen LogP contribution in [0.2, 0.25) is 0 Å². The Morgan fingerprint density at radius 1 is 1.20 bits per heavy atom. The van der Waals surface area contributed by atoms with Crippen LogP contribution >= 0.6 is 0 Å². The highest BCUT2D eigenvalue weighted by Crippen LogP contribution is 1.97. The van der Waals surface area contributed by atoms with Crippen LogP contribution in [-0.2, 0) is 9.53 Å². The molecule has 1 aromatic heterocycles. The standard InChI is InChI=1S/C4H6O2.C3H6N6/c1-3-6-4(2)5;4-1-7-2(5)9-3(6)8-1/h3H,1H2,2H3;(H6,4,5,6,7,8,9). The molecule has 0 aliphatic carbocycles. The fraction of sp³-hybridized carbons (Fsp3) is 0.143. The number of carbonyl (C=O) groups excluding carboxylic acids is 1. The molecule has 15 heavy (non-hydrogen) atoms. The van der Waals surface area contributed by atoms with Crippen molar-refractivity contribution in [2.75, 3.05) is 17.2 Å². The van der Waals surface area contributed by atoms with Crippen LogP contribution in [0.25, 0.3) is 0 Å². The van der Waals surface area contributed by atoms with E-state index in [1.54, 1.807) is 0 Å². The van der Waals surface area contributed by atoms with Gasteiger partial charge in [0.1, 0.15) is 0 Å². The van der Waals surface area contributed by atoms with E-state index >= 15 is 0 Å². The Bertz CT molecular complexity index is 303. The van der Waals surface area contributed by atoms with Crippen LogP contribution in [0, 0.1) is 0 Å². The molecule has 8 heteroatoms. The molecule has 0 bridgehead atoms. The molecule has 0 spiro atoms. The predicted octanol–water partition coefficient (Wildman–Crippen LogP) is -0.689. The first kappa shape index (κ1) is 12.6. The number of ether oxygens (including phenoxy) is 1. The minimum atomic E-state index is -0.329. The van der Waals surface area contributed by atoms with E-state index < -0.39 is 0 Å². The molecule has 0 saturated carbocycles. The number of nitrogen functional groups attached to an aromatic ring is 3. The lowest BCUT2D eigenvalue weighted by molar-refractivity contribution is -0.135. The maximum atomic E-state index is 9.75. The lowest BCUT2D eigenvalue weighted by Gasteiger charge is -1.93. The normalized spacial score (nSPS) is 8.33. The van der Waals surface area contributed by atoms with E-state index in [0.717, 1.165) is 6.26 Å². The molecule has 1 heterocycles. The molecule has 0 fully saturated rings. The Morgan fingerprint density at radius 2 is 1.53 bits per heavy atom. The molecule has 1 rings (SSSR count). The molecule has 0 atom stereocenters. The van der Waals surface area contributed by atoms with Crippen molar-refractivity contribution in [3.63, 3.8) is 0 Å². The molecule has 0 unspecified atom stereocenters. The van der Waals surface area contributed by atoms with Gasteiger partial charge in [0.2, 0.25) is 17.8 Å². The summed E-state index contributed by atoms with van der Waals surface area (Å²) in [6, 6.07) is 0. The van der Waals surface area contributed by atoms with Gasteiger partial charge in [0.15, 0.2) is 0 Å². The summed E-state index contributed by atoms with van der Waals surface area (Å²) in [5, 5.41) is 0. The van der Waals surface area contributed by atoms with Crippen molar-refractivity contribution >= 4 is 23.8 Å². The zero-order chi connectivity index (χ0) is 11.8. The van der Waals surface area contributed by atoms with Gasteiger partial charge in [-0.1, -0.05) is 6.58 Å². The Kier molecular flexibility index (Phi) is 5.16. The molecule has 0 radical (unpaired) electrons. The molecule has 0 amide bonds. The molecule has 0 aliphatic rings. The molecule has 6 N–H and O–H groups in total. The minimum Gasteiger partial charge on any atom is -0.435 e. The second kappa shape index (κ2) is 6.13. The van der Waals surface area contributed by atoms with Crippen molar-refractivity contribution in [1.29, 1.82) is 0 Å². The number of carbonyl (C=O) groups is 1. The number of aromatic nitrogens is 3. The number of hydrogen-bond donors (Lipinski definition) is 3. The van der Waals surface area contributed by atoms with Crippen LogP contribution in [0.3, 0.4) is 0 Å². The summed E-state index contributed by atoms with van der Waals surface area (Å²) in [6.07, 6.45) is 1.10. The van der Waals surface area contributed by atoms with Gasteiger partial charge in [-0.05, 0) is 0 Å². The molecule has 82 valence electrons. The summed E-state index contributed by atoms with van der Waals surface area (Å²) < 4.78 is 4.17. The highest BCUT2D eigenvalue weighted by molar-refractivity contribution is 5.66. The van der Waals surface area contributed by atoms with Crippen LogP contribution in [0.4, 0.5) is 17.8 Å². The summed E-state index contributed by atoms with van der Waals surface area (Å²) in [5.74, 6) is -0.204. The molecule has 8 nitrogen and oxygen atoms in total. The zero-order valence-corrected chi connectivity index (χ0v) is 8.17. The van der Waals surface area contributed by atoms with Crippen molar-refractivity contribution in [3.05, 3.63) is 12.8 Å². The number of hydrogen-bond acceptors (Lipinski definition) is 8. The number of anilines is 3. The van der Waals surface area contributed by atoms with Gasteiger partial charge >= 0.3 is 5.97 Å². The fourth-order valence-corrected chi connectivity index (χ4v) is 0.544. The number of rotatable bonds is 1. The molecular weight excluding hydrogens is 200 g/mol. The Morgan fingerprint density at radius 3 is 1.67 bits per heavy atom. The third kappa shape index (κ3) is 6.75. The van der Waals surface area contributed by atoms with Gasteiger partial charge < -0.3 is 21.9 Å². The highest BCUT2D eigenvalue weighted by atomic mass is 16.5. The maximum Gasteiger partial charge on any atom is 0.307 e. The average molecular weight is 212 g/mol. The zero-order valence-electron chi connectivity index (χ0n) is 8.17. The maximum absolute atomic E-state index is 9.75. The van der Waals surface area contributed by atoms with Crippen molar-refractivity contribution in [3.8, 4) is 0 Å². The van der Waals surface area contributed by atoms with E-state index in [0.29, 0.717) is 0 Å². The Hall–Kier alpha value is -2.38. The van der Waals surface area contributed by atoms with Crippen LogP contribution in [0.1, 0.15) is 6.92 Å².